The third kappa shape index (κ3) is 9.80. The summed E-state index contributed by atoms with van der Waals surface area (Å²) in [5.41, 5.74) is 4.00. The minimum atomic E-state index is -0.645. The predicted octanol–water partition coefficient (Wildman–Crippen LogP) is 9.47. The van der Waals surface area contributed by atoms with E-state index in [0.717, 1.165) is 26.1 Å². The number of thiazole rings is 1. The van der Waals surface area contributed by atoms with Crippen molar-refractivity contribution in [2.24, 2.45) is 0 Å². The van der Waals surface area contributed by atoms with Crippen LogP contribution in [0.3, 0.4) is 0 Å². The summed E-state index contributed by atoms with van der Waals surface area (Å²) in [5, 5.41) is 10.4. The number of thioether (sulfide) groups is 1. The SMILES string of the molecule is COc1ccc(-c2csc(NC(=O)C(Sc3cccc(NC(=O)/C(=C/c4ccc(Br)cc4)NC(=O)c4ccccc4)c3)c3ccccc3)n2)cc1OC. The van der Waals surface area contributed by atoms with E-state index in [1.54, 1.807) is 62.8 Å². The molecule has 0 aliphatic rings. The van der Waals surface area contributed by atoms with Crippen LogP contribution in [0.15, 0.2) is 148 Å². The molecule has 6 aromatic rings. The molecule has 5 aromatic carbocycles. The quantitative estimate of drug-likeness (QED) is 0.0787. The van der Waals surface area contributed by atoms with Crippen molar-refractivity contribution in [2.75, 3.05) is 24.9 Å². The first-order valence-electron chi connectivity index (χ1n) is 16.2. The van der Waals surface area contributed by atoms with E-state index < -0.39 is 17.1 Å². The van der Waals surface area contributed by atoms with Crippen molar-refractivity contribution in [1.29, 1.82) is 0 Å². The lowest BCUT2D eigenvalue weighted by molar-refractivity contribution is -0.116. The number of nitrogens with one attached hydrogen (secondary N) is 3. The second-order valence-electron chi connectivity index (χ2n) is 11.4. The summed E-state index contributed by atoms with van der Waals surface area (Å²) in [4.78, 5) is 46.1. The number of carbonyl (C=O) groups is 3. The minimum Gasteiger partial charge on any atom is -0.493 e. The maximum absolute atomic E-state index is 13.9. The van der Waals surface area contributed by atoms with Crippen LogP contribution in [0, 0.1) is 0 Å². The Kier molecular flexibility index (Phi) is 12.4. The first-order valence-corrected chi connectivity index (χ1v) is 18.8. The molecule has 3 N–H and O–H groups in total. The Morgan fingerprint density at radius 2 is 1.51 bits per heavy atom. The molecule has 12 heteroatoms. The zero-order valence-electron chi connectivity index (χ0n) is 28.5. The van der Waals surface area contributed by atoms with Crippen LogP contribution in [0.25, 0.3) is 17.3 Å². The third-order valence-corrected chi connectivity index (χ3v) is 10.3. The fourth-order valence-electron chi connectivity index (χ4n) is 5.18. The number of nitrogens with zero attached hydrogens (tertiary/aromatic N) is 1. The number of aromatic nitrogens is 1. The normalized spacial score (nSPS) is 11.6. The number of hydrogen-bond donors (Lipinski definition) is 3. The molecule has 0 saturated carbocycles. The van der Waals surface area contributed by atoms with Crippen LogP contribution in [-0.2, 0) is 9.59 Å². The van der Waals surface area contributed by atoms with E-state index in [0.29, 0.717) is 33.6 Å². The van der Waals surface area contributed by atoms with Gasteiger partial charge >= 0.3 is 0 Å². The van der Waals surface area contributed by atoms with Crippen LogP contribution in [0.1, 0.15) is 26.7 Å². The summed E-state index contributed by atoms with van der Waals surface area (Å²) >= 11 is 6.09. The van der Waals surface area contributed by atoms with E-state index in [4.69, 9.17) is 9.47 Å². The molecule has 1 unspecified atom stereocenters. The Labute approximate surface area is 323 Å². The van der Waals surface area contributed by atoms with Gasteiger partial charge in [0.1, 0.15) is 10.9 Å². The molecule has 0 bridgehead atoms. The lowest BCUT2D eigenvalue weighted by atomic mass is 10.1. The molecule has 0 fully saturated rings. The van der Waals surface area contributed by atoms with Crippen molar-refractivity contribution in [2.45, 2.75) is 10.1 Å². The Balaban J connectivity index is 1.20. The number of hydrogen-bond acceptors (Lipinski definition) is 8. The van der Waals surface area contributed by atoms with E-state index in [1.165, 1.54) is 23.1 Å². The van der Waals surface area contributed by atoms with Crippen molar-refractivity contribution >= 4 is 73.6 Å². The summed E-state index contributed by atoms with van der Waals surface area (Å²) in [5.74, 6) is 0.00861. The third-order valence-electron chi connectivity index (χ3n) is 7.81. The van der Waals surface area contributed by atoms with Gasteiger partial charge in [-0.15, -0.1) is 23.1 Å². The highest BCUT2D eigenvalue weighted by Crippen LogP contribution is 2.38. The standard InChI is InChI=1S/C41H33BrN4O5S2/c1-50-35-21-18-29(23-36(35)51-2)34-25-52-41(45-34)46-40(49)37(27-10-5-3-6-11-27)53-32-15-9-14-31(24-32)43-39(48)33(22-26-16-19-30(42)20-17-26)44-38(47)28-12-7-4-8-13-28/h3-25,37H,1-2H3,(H,43,48)(H,44,47)(H,45,46,49)/b33-22-. The van der Waals surface area contributed by atoms with E-state index in [-0.39, 0.29) is 11.6 Å². The van der Waals surface area contributed by atoms with Gasteiger partial charge in [0.2, 0.25) is 5.91 Å². The van der Waals surface area contributed by atoms with Gasteiger partial charge in [0.15, 0.2) is 16.6 Å². The summed E-state index contributed by atoms with van der Waals surface area (Å²) in [6, 6.07) is 38.3. The lowest BCUT2D eigenvalue weighted by Crippen LogP contribution is -2.30. The van der Waals surface area contributed by atoms with Crippen LogP contribution < -0.4 is 25.4 Å². The Bertz CT molecular complexity index is 2250. The maximum atomic E-state index is 13.9. The van der Waals surface area contributed by atoms with Crippen molar-refractivity contribution in [3.05, 3.63) is 160 Å². The molecular formula is C41H33BrN4O5S2. The van der Waals surface area contributed by atoms with Gasteiger partial charge in [0.25, 0.3) is 11.8 Å². The van der Waals surface area contributed by atoms with Gasteiger partial charge < -0.3 is 25.4 Å². The number of methoxy groups -OCH3 is 2. The predicted molar refractivity (Wildman–Crippen MR) is 215 cm³/mol. The van der Waals surface area contributed by atoms with Crippen LogP contribution in [0.2, 0.25) is 0 Å². The van der Waals surface area contributed by atoms with Gasteiger partial charge in [0.05, 0.1) is 19.9 Å². The van der Waals surface area contributed by atoms with Crippen molar-refractivity contribution in [1.82, 2.24) is 10.3 Å². The van der Waals surface area contributed by atoms with E-state index >= 15 is 0 Å². The van der Waals surface area contributed by atoms with E-state index in [9.17, 15) is 14.4 Å². The van der Waals surface area contributed by atoms with Gasteiger partial charge in [-0.25, -0.2) is 4.98 Å². The molecule has 0 saturated heterocycles. The van der Waals surface area contributed by atoms with Gasteiger partial charge in [-0.1, -0.05) is 82.7 Å². The zero-order chi connectivity index (χ0) is 37.2. The molecule has 3 amide bonds. The van der Waals surface area contributed by atoms with Crippen molar-refractivity contribution in [3.8, 4) is 22.8 Å². The molecule has 0 aliphatic carbocycles. The first kappa shape index (κ1) is 37.1. The summed E-state index contributed by atoms with van der Waals surface area (Å²) in [6.45, 7) is 0. The fourth-order valence-corrected chi connectivity index (χ4v) is 7.25. The maximum Gasteiger partial charge on any atom is 0.272 e. The van der Waals surface area contributed by atoms with Crippen LogP contribution >= 0.6 is 39.0 Å². The monoisotopic (exact) mass is 804 g/mol. The second kappa shape index (κ2) is 17.7. The molecule has 1 atom stereocenters. The highest BCUT2D eigenvalue weighted by Gasteiger charge is 2.24. The molecule has 1 heterocycles. The van der Waals surface area contributed by atoms with E-state index in [1.807, 2.05) is 90.3 Å². The van der Waals surface area contributed by atoms with Gasteiger partial charge in [-0.3, -0.25) is 14.4 Å². The number of anilines is 2. The number of benzene rings is 5. The lowest BCUT2D eigenvalue weighted by Gasteiger charge is -2.17. The minimum absolute atomic E-state index is 0.0664. The van der Waals surface area contributed by atoms with Crippen molar-refractivity contribution in [3.63, 3.8) is 0 Å². The molecule has 0 radical (unpaired) electrons. The summed E-state index contributed by atoms with van der Waals surface area (Å²) < 4.78 is 11.7. The number of rotatable bonds is 13. The van der Waals surface area contributed by atoms with Crippen LogP contribution in [-0.4, -0.2) is 36.9 Å². The average Bonchev–Trinajstić information content (AvgIpc) is 3.66. The number of ether oxygens (including phenoxy) is 2. The number of carbonyl (C=O) groups excluding carboxylic acids is 3. The zero-order valence-corrected chi connectivity index (χ0v) is 31.8. The Hall–Kier alpha value is -5.69. The smallest absolute Gasteiger partial charge is 0.272 e. The molecule has 1 aromatic heterocycles. The average molecular weight is 806 g/mol. The summed E-state index contributed by atoms with van der Waals surface area (Å²) in [7, 11) is 3.15. The molecule has 6 rings (SSSR count). The molecular weight excluding hydrogens is 773 g/mol. The molecule has 53 heavy (non-hydrogen) atoms. The van der Waals surface area contributed by atoms with Crippen LogP contribution in [0.5, 0.6) is 11.5 Å². The van der Waals surface area contributed by atoms with Gasteiger partial charge in [-0.05, 0) is 77.9 Å². The second-order valence-corrected chi connectivity index (χ2v) is 14.4. The van der Waals surface area contributed by atoms with Crippen molar-refractivity contribution < 1.29 is 23.9 Å². The Morgan fingerprint density at radius 1 is 0.792 bits per heavy atom. The molecule has 9 nitrogen and oxygen atoms in total. The topological polar surface area (TPSA) is 119 Å². The number of halogens is 1. The van der Waals surface area contributed by atoms with Gasteiger partial charge in [0, 0.05) is 31.6 Å². The summed E-state index contributed by atoms with van der Waals surface area (Å²) in [6.07, 6.45) is 1.62. The highest BCUT2D eigenvalue weighted by molar-refractivity contribution is 9.10. The Morgan fingerprint density at radius 3 is 2.23 bits per heavy atom. The molecule has 0 aliphatic heterocycles. The van der Waals surface area contributed by atoms with Gasteiger partial charge in [-0.2, -0.15) is 0 Å². The highest BCUT2D eigenvalue weighted by atomic mass is 79.9. The first-order chi connectivity index (χ1) is 25.8. The number of amides is 3. The van der Waals surface area contributed by atoms with E-state index in [2.05, 4.69) is 36.9 Å². The largest absolute Gasteiger partial charge is 0.493 e. The fraction of sp³-hybridized carbons (Fsp3) is 0.0732. The molecule has 0 spiro atoms. The molecule has 266 valence electrons. The van der Waals surface area contributed by atoms with Crippen LogP contribution in [0.4, 0.5) is 10.8 Å².